The van der Waals surface area contributed by atoms with E-state index in [4.69, 9.17) is 23.7 Å². The number of phenols is 1. The van der Waals surface area contributed by atoms with Gasteiger partial charge in [0.2, 0.25) is 6.29 Å². The van der Waals surface area contributed by atoms with Crippen molar-refractivity contribution in [1.82, 2.24) is 0 Å². The molecule has 0 unspecified atom stereocenters. The number of epoxide rings is 1. The van der Waals surface area contributed by atoms with Crippen LogP contribution in [0.4, 0.5) is 0 Å². The maximum atomic E-state index is 12.7. The molecule has 1 aromatic rings. The number of benzene rings is 1. The number of aromatic hydroxyl groups is 1. The van der Waals surface area contributed by atoms with Crippen molar-refractivity contribution in [2.75, 3.05) is 13.2 Å². The van der Waals surface area contributed by atoms with Gasteiger partial charge >= 0.3 is 5.97 Å². The van der Waals surface area contributed by atoms with E-state index in [2.05, 4.69) is 0 Å². The van der Waals surface area contributed by atoms with E-state index in [1.54, 1.807) is 6.08 Å². The first-order valence-corrected chi connectivity index (χ1v) is 10.9. The van der Waals surface area contributed by atoms with Crippen LogP contribution in [-0.2, 0) is 23.7 Å². The highest BCUT2D eigenvalue weighted by molar-refractivity contribution is 5.89. The maximum Gasteiger partial charge on any atom is 0.338 e. The van der Waals surface area contributed by atoms with Gasteiger partial charge in [0.05, 0.1) is 31.0 Å². The molecule has 3 aliphatic heterocycles. The van der Waals surface area contributed by atoms with Crippen LogP contribution in [0.3, 0.4) is 0 Å². The standard InChI is InChI=1S/C22H26O12/c23-7-12-14(26)15(27)16(28)21(31-12)33-20-13-11(5-6-30-20)17(18-22(13,8-24)34-18)32-19(29)9-1-3-10(25)4-2-9/h1-6,11-18,20-21,23-28H,7-8H2/t11-,12+,13-,14+,15-,16+,17+,18+,20+,21-,22+/m1/s1. The predicted molar refractivity (Wildman–Crippen MR) is 108 cm³/mol. The van der Waals surface area contributed by atoms with Crippen molar-refractivity contribution >= 4 is 5.97 Å². The molecule has 5 rings (SSSR count). The third kappa shape index (κ3) is 3.67. The van der Waals surface area contributed by atoms with E-state index in [9.17, 15) is 35.4 Å². The van der Waals surface area contributed by atoms with Crippen LogP contribution >= 0.6 is 0 Å². The van der Waals surface area contributed by atoms with Crippen molar-refractivity contribution < 1.29 is 59.1 Å². The zero-order chi connectivity index (χ0) is 24.2. The van der Waals surface area contributed by atoms with Crippen LogP contribution in [0.1, 0.15) is 10.4 Å². The summed E-state index contributed by atoms with van der Waals surface area (Å²) in [5, 5.41) is 59.3. The number of hydrogen-bond donors (Lipinski definition) is 6. The maximum absolute atomic E-state index is 12.7. The molecule has 1 aliphatic carbocycles. The average molecular weight is 482 g/mol. The molecule has 0 amide bonds. The molecule has 0 aromatic heterocycles. The first-order valence-electron chi connectivity index (χ1n) is 10.9. The van der Waals surface area contributed by atoms with E-state index in [0.717, 1.165) is 0 Å². The van der Waals surface area contributed by atoms with E-state index >= 15 is 0 Å². The Hall–Kier alpha value is -2.29. The summed E-state index contributed by atoms with van der Waals surface area (Å²) in [6, 6.07) is 5.56. The Morgan fingerprint density at radius 3 is 2.44 bits per heavy atom. The fraction of sp³-hybridized carbons (Fsp3) is 0.591. The second kappa shape index (κ2) is 8.73. The van der Waals surface area contributed by atoms with Crippen molar-refractivity contribution in [2.45, 2.75) is 54.8 Å². The topological polar surface area (TPSA) is 188 Å². The molecule has 1 saturated carbocycles. The van der Waals surface area contributed by atoms with E-state index in [1.165, 1.54) is 30.5 Å². The molecule has 0 bridgehead atoms. The molecule has 12 nitrogen and oxygen atoms in total. The lowest BCUT2D eigenvalue weighted by Crippen LogP contribution is -2.60. The molecule has 0 spiro atoms. The first-order chi connectivity index (χ1) is 16.3. The van der Waals surface area contributed by atoms with Gasteiger partial charge in [-0.2, -0.15) is 0 Å². The van der Waals surface area contributed by atoms with Gasteiger partial charge in [0.1, 0.15) is 48.0 Å². The molecule has 3 heterocycles. The molecule has 186 valence electrons. The number of phenolic OH excluding ortho intramolecular Hbond substituents is 1. The third-order valence-corrected chi connectivity index (χ3v) is 6.94. The van der Waals surface area contributed by atoms with Crippen molar-refractivity contribution in [2.24, 2.45) is 11.8 Å². The average Bonchev–Trinajstić information content (AvgIpc) is 3.52. The van der Waals surface area contributed by atoms with E-state index in [0.29, 0.717) is 0 Å². The molecule has 11 atom stereocenters. The number of aliphatic hydroxyl groups is 5. The summed E-state index contributed by atoms with van der Waals surface area (Å²) in [5.74, 6) is -1.78. The Morgan fingerprint density at radius 2 is 1.76 bits per heavy atom. The van der Waals surface area contributed by atoms with Gasteiger partial charge < -0.3 is 54.3 Å². The zero-order valence-electron chi connectivity index (χ0n) is 17.8. The molecule has 6 N–H and O–H groups in total. The number of hydrogen-bond acceptors (Lipinski definition) is 12. The molecule has 0 radical (unpaired) electrons. The van der Waals surface area contributed by atoms with Gasteiger partial charge in [-0.25, -0.2) is 4.79 Å². The van der Waals surface area contributed by atoms with E-state index < -0.39 is 85.8 Å². The molecular formula is C22H26O12. The summed E-state index contributed by atoms with van der Waals surface area (Å²) in [7, 11) is 0. The fourth-order valence-electron chi connectivity index (χ4n) is 5.08. The van der Waals surface area contributed by atoms with Gasteiger partial charge in [0.25, 0.3) is 0 Å². The summed E-state index contributed by atoms with van der Waals surface area (Å²) in [5.41, 5.74) is -0.907. The molecule has 12 heteroatoms. The number of ether oxygens (including phenoxy) is 5. The van der Waals surface area contributed by atoms with Crippen LogP contribution in [0.5, 0.6) is 5.75 Å². The van der Waals surface area contributed by atoms with Crippen LogP contribution in [0, 0.1) is 11.8 Å². The number of esters is 1. The van der Waals surface area contributed by atoms with Crippen LogP contribution < -0.4 is 0 Å². The molecule has 2 saturated heterocycles. The largest absolute Gasteiger partial charge is 0.508 e. The summed E-state index contributed by atoms with van der Waals surface area (Å²) in [6.45, 7) is -1.04. The Morgan fingerprint density at radius 1 is 1.03 bits per heavy atom. The Bertz CT molecular complexity index is 934. The quantitative estimate of drug-likeness (QED) is 0.193. The summed E-state index contributed by atoms with van der Waals surface area (Å²) in [4.78, 5) is 12.7. The van der Waals surface area contributed by atoms with Crippen LogP contribution in [0.2, 0.25) is 0 Å². The lowest BCUT2D eigenvalue weighted by molar-refractivity contribution is -0.344. The zero-order valence-corrected chi connectivity index (χ0v) is 17.8. The highest BCUT2D eigenvalue weighted by Gasteiger charge is 2.77. The van der Waals surface area contributed by atoms with Gasteiger partial charge in [-0.05, 0) is 30.3 Å². The number of carbonyl (C=O) groups excluding carboxylic acids is 1. The lowest BCUT2D eigenvalue weighted by Gasteiger charge is -2.43. The van der Waals surface area contributed by atoms with Gasteiger partial charge in [-0.1, -0.05) is 0 Å². The van der Waals surface area contributed by atoms with Crippen LogP contribution in [-0.4, -0.2) is 105 Å². The number of rotatable bonds is 6. The minimum Gasteiger partial charge on any atom is -0.508 e. The van der Waals surface area contributed by atoms with Gasteiger partial charge in [-0.3, -0.25) is 0 Å². The number of carbonyl (C=O) groups is 1. The van der Waals surface area contributed by atoms with Crippen LogP contribution in [0.25, 0.3) is 0 Å². The Labute approximate surface area is 193 Å². The predicted octanol–water partition coefficient (Wildman–Crippen LogP) is -2.02. The highest BCUT2D eigenvalue weighted by atomic mass is 16.8. The highest BCUT2D eigenvalue weighted by Crippen LogP contribution is 2.60. The SMILES string of the molecule is O=C(O[C@H]1[C@@H]2C=CO[C@@H](O[C@H]3O[C@@H](CO)[C@H](O)[C@@H](O)[C@@H]3O)[C@@H]2[C@]2(CO)O[C@@H]12)c1ccc(O)cc1. The number of aliphatic hydroxyl groups excluding tert-OH is 5. The minimum atomic E-state index is -1.64. The second-order valence-corrected chi connectivity index (χ2v) is 8.84. The third-order valence-electron chi connectivity index (χ3n) is 6.94. The minimum absolute atomic E-state index is 0.00264. The summed E-state index contributed by atoms with van der Waals surface area (Å²) < 4.78 is 28.3. The molecular weight excluding hydrogens is 456 g/mol. The summed E-state index contributed by atoms with van der Waals surface area (Å²) >= 11 is 0. The van der Waals surface area contributed by atoms with Crippen molar-refractivity contribution in [3.05, 3.63) is 42.2 Å². The van der Waals surface area contributed by atoms with Crippen molar-refractivity contribution in [3.63, 3.8) is 0 Å². The van der Waals surface area contributed by atoms with Crippen molar-refractivity contribution in [3.8, 4) is 5.75 Å². The fourth-order valence-corrected chi connectivity index (χ4v) is 5.08. The molecule has 1 aromatic carbocycles. The molecule has 34 heavy (non-hydrogen) atoms. The first kappa shape index (κ1) is 23.5. The van der Waals surface area contributed by atoms with Gasteiger partial charge in [0.15, 0.2) is 6.29 Å². The summed E-state index contributed by atoms with van der Waals surface area (Å²) in [6.07, 6.45) is -6.99. The van der Waals surface area contributed by atoms with Gasteiger partial charge in [-0.15, -0.1) is 0 Å². The Kier molecular flexibility index (Phi) is 6.02. The normalized spacial score (nSPS) is 44.6. The van der Waals surface area contributed by atoms with Crippen LogP contribution in [0.15, 0.2) is 36.6 Å². The smallest absolute Gasteiger partial charge is 0.338 e. The van der Waals surface area contributed by atoms with Gasteiger partial charge in [0, 0.05) is 5.92 Å². The van der Waals surface area contributed by atoms with E-state index in [-0.39, 0.29) is 11.3 Å². The lowest BCUT2D eigenvalue weighted by atomic mass is 9.85. The number of fused-ring (bicyclic) bond motifs is 3. The Balaban J connectivity index is 1.34. The monoisotopic (exact) mass is 482 g/mol. The van der Waals surface area contributed by atoms with Crippen molar-refractivity contribution in [1.29, 1.82) is 0 Å². The molecule has 4 aliphatic rings. The molecule has 3 fully saturated rings. The second-order valence-electron chi connectivity index (χ2n) is 8.84. The van der Waals surface area contributed by atoms with E-state index in [1.807, 2.05) is 0 Å².